The minimum absolute atomic E-state index is 0.385. The Hall–Kier alpha value is -0.970. The first-order chi connectivity index (χ1) is 4.43. The fraction of sp³-hybridized carbons (Fsp3) is 0.750. The van der Waals surface area contributed by atoms with Gasteiger partial charge in [-0.25, -0.2) is 0 Å². The maximum absolute atomic E-state index is 4.98. The van der Waals surface area contributed by atoms with E-state index in [-0.39, 0.29) is 0 Å². The summed E-state index contributed by atoms with van der Waals surface area (Å²) in [5.41, 5.74) is 0. The van der Waals surface area contributed by atoms with E-state index in [1.807, 2.05) is 6.92 Å². The topological polar surface area (TPSA) is 52.8 Å². The van der Waals surface area contributed by atoms with Crippen molar-refractivity contribution in [2.24, 2.45) is 0 Å². The molecule has 1 heterocycles. The van der Waals surface area contributed by atoms with Gasteiger partial charge in [-0.15, -0.1) is 15.0 Å². The van der Waals surface area contributed by atoms with E-state index in [1.54, 1.807) is 0 Å². The zero-order chi connectivity index (χ0) is 6.53. The monoisotopic (exact) mass is 128 g/mol. The molecule has 5 heteroatoms. The summed E-state index contributed by atoms with van der Waals surface area (Å²) in [6.45, 7) is 2.97. The summed E-state index contributed by atoms with van der Waals surface area (Å²) in [7, 11) is 0. The van der Waals surface area contributed by atoms with Crippen LogP contribution in [0.2, 0.25) is 0 Å². The lowest BCUT2D eigenvalue weighted by Gasteiger charge is -1.95. The number of rotatable bonds is 3. The summed E-state index contributed by atoms with van der Waals surface area (Å²) in [5.74, 6) is 0. The van der Waals surface area contributed by atoms with Gasteiger partial charge < -0.3 is 4.74 Å². The fourth-order valence-corrected chi connectivity index (χ4v) is 0.421. The normalized spacial score (nSPS) is 9.89. The Morgan fingerprint density at radius 3 is 3.11 bits per heavy atom. The van der Waals surface area contributed by atoms with Crippen molar-refractivity contribution in [3.05, 3.63) is 6.33 Å². The van der Waals surface area contributed by atoms with E-state index in [0.29, 0.717) is 13.3 Å². The number of hydrogen-bond donors (Lipinski definition) is 0. The minimum atomic E-state index is 0.385. The van der Waals surface area contributed by atoms with Crippen molar-refractivity contribution >= 4 is 0 Å². The van der Waals surface area contributed by atoms with Crippen LogP contribution in [0.3, 0.4) is 0 Å². The number of nitrogens with zero attached hydrogens (tertiary/aromatic N) is 4. The lowest BCUT2D eigenvalue weighted by molar-refractivity contribution is 0.0678. The summed E-state index contributed by atoms with van der Waals surface area (Å²) >= 11 is 0. The van der Waals surface area contributed by atoms with Crippen molar-refractivity contribution < 1.29 is 4.74 Å². The molecule has 0 bridgehead atoms. The first-order valence-corrected chi connectivity index (χ1v) is 2.72. The van der Waals surface area contributed by atoms with E-state index in [4.69, 9.17) is 4.74 Å². The molecule has 50 valence electrons. The van der Waals surface area contributed by atoms with Gasteiger partial charge in [-0.1, -0.05) is 0 Å². The Morgan fingerprint density at radius 2 is 2.56 bits per heavy atom. The van der Waals surface area contributed by atoms with Gasteiger partial charge in [-0.3, -0.25) is 0 Å². The maximum atomic E-state index is 4.98. The predicted molar refractivity (Wildman–Crippen MR) is 29.4 cm³/mol. The second-order valence-corrected chi connectivity index (χ2v) is 1.43. The molecule has 9 heavy (non-hydrogen) atoms. The van der Waals surface area contributed by atoms with Crippen molar-refractivity contribution in [2.75, 3.05) is 6.61 Å². The van der Waals surface area contributed by atoms with Crippen LogP contribution in [0.5, 0.6) is 0 Å². The van der Waals surface area contributed by atoms with Crippen LogP contribution in [-0.4, -0.2) is 26.8 Å². The molecule has 0 aromatic carbocycles. The Kier molecular flexibility index (Phi) is 2.14. The van der Waals surface area contributed by atoms with Crippen LogP contribution >= 0.6 is 0 Å². The molecular weight excluding hydrogens is 120 g/mol. The zero-order valence-corrected chi connectivity index (χ0v) is 5.19. The second-order valence-electron chi connectivity index (χ2n) is 1.43. The van der Waals surface area contributed by atoms with Gasteiger partial charge in [-0.05, 0) is 12.1 Å². The second kappa shape index (κ2) is 3.13. The molecule has 0 aliphatic heterocycles. The molecule has 5 nitrogen and oxygen atoms in total. The SMILES string of the molecule is CCOCn1ncnn1. The van der Waals surface area contributed by atoms with Gasteiger partial charge in [0.2, 0.25) is 0 Å². The Balaban J connectivity index is 2.30. The molecule has 0 saturated carbocycles. The molecule has 0 N–H and O–H groups in total. The van der Waals surface area contributed by atoms with E-state index in [9.17, 15) is 0 Å². The van der Waals surface area contributed by atoms with E-state index in [0.717, 1.165) is 0 Å². The van der Waals surface area contributed by atoms with Crippen LogP contribution in [0.15, 0.2) is 6.33 Å². The third-order valence-electron chi connectivity index (χ3n) is 0.802. The molecule has 0 unspecified atom stereocenters. The maximum Gasteiger partial charge on any atom is 0.162 e. The third-order valence-corrected chi connectivity index (χ3v) is 0.802. The smallest absolute Gasteiger partial charge is 0.162 e. The number of hydrogen-bond acceptors (Lipinski definition) is 4. The van der Waals surface area contributed by atoms with Crippen molar-refractivity contribution in [3.8, 4) is 0 Å². The van der Waals surface area contributed by atoms with Gasteiger partial charge in [0.05, 0.1) is 0 Å². The van der Waals surface area contributed by atoms with Crippen molar-refractivity contribution in [3.63, 3.8) is 0 Å². The largest absolute Gasteiger partial charge is 0.358 e. The highest BCUT2D eigenvalue weighted by atomic mass is 16.5. The minimum Gasteiger partial charge on any atom is -0.358 e. The number of aromatic nitrogens is 4. The molecule has 0 saturated heterocycles. The molecule has 0 spiro atoms. The quantitative estimate of drug-likeness (QED) is 0.559. The highest BCUT2D eigenvalue weighted by Gasteiger charge is 1.87. The lowest BCUT2D eigenvalue weighted by Crippen LogP contribution is -2.05. The highest BCUT2D eigenvalue weighted by molar-refractivity contribution is 4.33. The van der Waals surface area contributed by atoms with Crippen molar-refractivity contribution in [2.45, 2.75) is 13.7 Å². The first-order valence-electron chi connectivity index (χ1n) is 2.72. The molecule has 0 fully saturated rings. The number of ether oxygens (including phenoxy) is 1. The molecule has 1 aromatic heterocycles. The van der Waals surface area contributed by atoms with Crippen LogP contribution in [0.25, 0.3) is 0 Å². The van der Waals surface area contributed by atoms with Gasteiger partial charge in [0.15, 0.2) is 13.1 Å². The summed E-state index contributed by atoms with van der Waals surface area (Å²) in [6.07, 6.45) is 1.37. The molecule has 0 amide bonds. The fourth-order valence-electron chi connectivity index (χ4n) is 0.421. The van der Waals surface area contributed by atoms with Crippen LogP contribution in [0.1, 0.15) is 6.92 Å². The molecule has 0 atom stereocenters. The standard InChI is InChI=1S/C4H8N4O/c1-2-9-4-8-6-3-5-7-8/h3H,2,4H2,1H3. The molecule has 0 radical (unpaired) electrons. The van der Waals surface area contributed by atoms with E-state index < -0.39 is 0 Å². The molecule has 0 aliphatic carbocycles. The molecule has 0 aliphatic rings. The van der Waals surface area contributed by atoms with Crippen LogP contribution < -0.4 is 0 Å². The molecular formula is C4H8N4O. The average Bonchev–Trinajstić information content (AvgIpc) is 2.34. The predicted octanol–water partition coefficient (Wildman–Crippen LogP) is -0.333. The Morgan fingerprint density at radius 1 is 1.67 bits per heavy atom. The molecule has 1 aromatic rings. The molecule has 1 rings (SSSR count). The van der Waals surface area contributed by atoms with Gasteiger partial charge in [0.25, 0.3) is 0 Å². The van der Waals surface area contributed by atoms with E-state index >= 15 is 0 Å². The van der Waals surface area contributed by atoms with Gasteiger partial charge in [-0.2, -0.15) is 0 Å². The van der Waals surface area contributed by atoms with Gasteiger partial charge >= 0.3 is 0 Å². The zero-order valence-electron chi connectivity index (χ0n) is 5.19. The average molecular weight is 128 g/mol. The summed E-state index contributed by atoms with van der Waals surface area (Å²) in [4.78, 5) is 1.38. The van der Waals surface area contributed by atoms with Crippen molar-refractivity contribution in [1.82, 2.24) is 20.2 Å². The van der Waals surface area contributed by atoms with Crippen LogP contribution in [-0.2, 0) is 11.5 Å². The Bertz CT molecular complexity index is 150. The van der Waals surface area contributed by atoms with E-state index in [1.165, 1.54) is 11.1 Å². The lowest BCUT2D eigenvalue weighted by atomic mass is 10.9. The highest BCUT2D eigenvalue weighted by Crippen LogP contribution is 1.76. The van der Waals surface area contributed by atoms with E-state index in [2.05, 4.69) is 15.4 Å². The van der Waals surface area contributed by atoms with Crippen LogP contribution in [0, 0.1) is 0 Å². The summed E-state index contributed by atoms with van der Waals surface area (Å²) < 4.78 is 4.98. The van der Waals surface area contributed by atoms with Gasteiger partial charge in [0, 0.05) is 6.61 Å². The summed E-state index contributed by atoms with van der Waals surface area (Å²) in [6, 6.07) is 0. The number of tetrazole rings is 1. The Labute approximate surface area is 52.6 Å². The van der Waals surface area contributed by atoms with Crippen molar-refractivity contribution in [1.29, 1.82) is 0 Å². The van der Waals surface area contributed by atoms with Gasteiger partial charge in [0.1, 0.15) is 0 Å². The van der Waals surface area contributed by atoms with Crippen LogP contribution in [0.4, 0.5) is 0 Å². The third kappa shape index (κ3) is 1.77. The first kappa shape index (κ1) is 6.15. The summed E-state index contributed by atoms with van der Waals surface area (Å²) in [5, 5.41) is 10.8.